The Bertz CT molecular complexity index is 177. The molecule has 0 saturated carbocycles. The van der Waals surface area contributed by atoms with Gasteiger partial charge in [-0.15, -0.1) is 6.58 Å². The van der Waals surface area contributed by atoms with Crippen molar-refractivity contribution in [1.29, 1.82) is 0 Å². The highest BCUT2D eigenvalue weighted by molar-refractivity contribution is 5.78. The lowest BCUT2D eigenvalue weighted by molar-refractivity contribution is -0.124. The highest BCUT2D eigenvalue weighted by Gasteiger charge is 2.19. The van der Waals surface area contributed by atoms with Crippen LogP contribution in [-0.2, 0) is 4.79 Å². The van der Waals surface area contributed by atoms with Crippen molar-refractivity contribution in [1.82, 2.24) is 5.32 Å². The molecule has 1 rings (SSSR count). The number of carbonyl (C=O) groups excluding carboxylic acids is 1. The van der Waals surface area contributed by atoms with Crippen molar-refractivity contribution < 1.29 is 4.79 Å². The first-order valence-corrected chi connectivity index (χ1v) is 5.23. The van der Waals surface area contributed by atoms with Crippen LogP contribution < -0.4 is 5.32 Å². The van der Waals surface area contributed by atoms with E-state index in [1.807, 2.05) is 6.08 Å². The summed E-state index contributed by atoms with van der Waals surface area (Å²) in [6, 6.07) is 0. The molecule has 1 amide bonds. The zero-order valence-electron chi connectivity index (χ0n) is 8.22. The molecule has 1 fully saturated rings. The van der Waals surface area contributed by atoms with Crippen molar-refractivity contribution in [2.24, 2.45) is 5.92 Å². The maximum Gasteiger partial charge on any atom is 0.223 e. The molecule has 1 saturated heterocycles. The molecule has 13 heavy (non-hydrogen) atoms. The molecule has 0 bridgehead atoms. The largest absolute Gasteiger partial charge is 0.356 e. The summed E-state index contributed by atoms with van der Waals surface area (Å²) in [5.41, 5.74) is 0. The Morgan fingerprint density at radius 3 is 3.15 bits per heavy atom. The van der Waals surface area contributed by atoms with Gasteiger partial charge in [0, 0.05) is 12.5 Å². The minimum Gasteiger partial charge on any atom is -0.356 e. The van der Waals surface area contributed by atoms with E-state index in [9.17, 15) is 4.79 Å². The predicted octanol–water partition coefficient (Wildman–Crippen LogP) is 2.26. The average molecular weight is 181 g/mol. The maximum absolute atomic E-state index is 11.5. The van der Waals surface area contributed by atoms with Crippen molar-refractivity contribution in [2.45, 2.75) is 38.5 Å². The molecule has 2 heteroatoms. The van der Waals surface area contributed by atoms with Crippen LogP contribution in [0.2, 0.25) is 0 Å². The van der Waals surface area contributed by atoms with Gasteiger partial charge in [-0.1, -0.05) is 12.5 Å². The van der Waals surface area contributed by atoms with Gasteiger partial charge in [0.1, 0.15) is 0 Å². The molecule has 74 valence electrons. The number of nitrogens with one attached hydrogen (secondary N) is 1. The molecule has 1 atom stereocenters. The minimum atomic E-state index is 0.265. The van der Waals surface area contributed by atoms with Crippen LogP contribution in [0.15, 0.2) is 12.7 Å². The van der Waals surface area contributed by atoms with Crippen LogP contribution >= 0.6 is 0 Å². The number of amides is 1. The third-order valence-corrected chi connectivity index (χ3v) is 2.61. The number of unbranched alkanes of at least 4 members (excludes halogenated alkanes) is 1. The zero-order valence-corrected chi connectivity index (χ0v) is 8.22. The van der Waals surface area contributed by atoms with Crippen LogP contribution in [-0.4, -0.2) is 12.5 Å². The molecule has 2 nitrogen and oxygen atoms in total. The Balaban J connectivity index is 2.27. The topological polar surface area (TPSA) is 29.1 Å². The molecule has 0 aliphatic carbocycles. The van der Waals surface area contributed by atoms with Gasteiger partial charge in [-0.2, -0.15) is 0 Å². The van der Waals surface area contributed by atoms with Gasteiger partial charge in [0.15, 0.2) is 0 Å². The number of allylic oxidation sites excluding steroid dienone is 1. The molecule has 0 aromatic heterocycles. The van der Waals surface area contributed by atoms with E-state index < -0.39 is 0 Å². The lowest BCUT2D eigenvalue weighted by atomic mass is 9.96. The van der Waals surface area contributed by atoms with Crippen LogP contribution in [0, 0.1) is 5.92 Å². The molecule has 1 unspecified atom stereocenters. The molecule has 1 heterocycles. The Kier molecular flexibility index (Phi) is 4.58. The second kappa shape index (κ2) is 5.79. The summed E-state index contributed by atoms with van der Waals surface area (Å²) in [6.45, 7) is 4.55. The third kappa shape index (κ3) is 3.62. The molecule has 0 spiro atoms. The quantitative estimate of drug-likeness (QED) is 0.523. The van der Waals surface area contributed by atoms with E-state index >= 15 is 0 Å². The van der Waals surface area contributed by atoms with Gasteiger partial charge >= 0.3 is 0 Å². The Labute approximate surface area is 80.4 Å². The number of hydrogen-bond acceptors (Lipinski definition) is 1. The van der Waals surface area contributed by atoms with Gasteiger partial charge in [-0.3, -0.25) is 4.79 Å². The van der Waals surface area contributed by atoms with Gasteiger partial charge in [0.05, 0.1) is 0 Å². The van der Waals surface area contributed by atoms with Crippen LogP contribution in [0.5, 0.6) is 0 Å². The highest BCUT2D eigenvalue weighted by atomic mass is 16.1. The van der Waals surface area contributed by atoms with Crippen LogP contribution in [0.1, 0.15) is 38.5 Å². The van der Waals surface area contributed by atoms with Gasteiger partial charge < -0.3 is 5.32 Å². The van der Waals surface area contributed by atoms with E-state index in [1.54, 1.807) is 0 Å². The monoisotopic (exact) mass is 181 g/mol. The average Bonchev–Trinajstić information content (AvgIpc) is 2.32. The Morgan fingerprint density at radius 2 is 2.38 bits per heavy atom. The van der Waals surface area contributed by atoms with Crippen molar-refractivity contribution >= 4 is 5.91 Å². The number of rotatable bonds is 4. The van der Waals surface area contributed by atoms with Crippen molar-refractivity contribution in [2.75, 3.05) is 6.54 Å². The van der Waals surface area contributed by atoms with Gasteiger partial charge in [0.25, 0.3) is 0 Å². The Hall–Kier alpha value is -0.790. The Morgan fingerprint density at radius 1 is 1.54 bits per heavy atom. The number of hydrogen-bond donors (Lipinski definition) is 1. The third-order valence-electron chi connectivity index (χ3n) is 2.61. The molecule has 0 aromatic carbocycles. The van der Waals surface area contributed by atoms with E-state index in [1.165, 1.54) is 6.42 Å². The fraction of sp³-hybridized carbons (Fsp3) is 0.727. The van der Waals surface area contributed by atoms with Gasteiger partial charge in [0.2, 0.25) is 5.91 Å². The van der Waals surface area contributed by atoms with E-state index in [0.717, 1.165) is 38.6 Å². The van der Waals surface area contributed by atoms with Crippen molar-refractivity contribution in [3.8, 4) is 0 Å². The van der Waals surface area contributed by atoms with Crippen LogP contribution in [0.25, 0.3) is 0 Å². The van der Waals surface area contributed by atoms with Crippen LogP contribution in [0.3, 0.4) is 0 Å². The molecular weight excluding hydrogens is 162 g/mol. The first kappa shape index (κ1) is 10.3. The summed E-state index contributed by atoms with van der Waals surface area (Å²) in [7, 11) is 0. The van der Waals surface area contributed by atoms with E-state index in [2.05, 4.69) is 11.9 Å². The summed E-state index contributed by atoms with van der Waals surface area (Å²) in [4.78, 5) is 11.5. The lowest BCUT2D eigenvalue weighted by Gasteiger charge is -2.11. The predicted molar refractivity (Wildman–Crippen MR) is 54.4 cm³/mol. The van der Waals surface area contributed by atoms with Crippen LogP contribution in [0.4, 0.5) is 0 Å². The minimum absolute atomic E-state index is 0.265. The van der Waals surface area contributed by atoms with E-state index in [4.69, 9.17) is 0 Å². The first-order valence-electron chi connectivity index (χ1n) is 5.23. The summed E-state index contributed by atoms with van der Waals surface area (Å²) >= 11 is 0. The second-order valence-electron chi connectivity index (χ2n) is 3.70. The molecule has 0 aromatic rings. The molecular formula is C11H19NO. The van der Waals surface area contributed by atoms with E-state index in [-0.39, 0.29) is 11.8 Å². The summed E-state index contributed by atoms with van der Waals surface area (Å²) in [5.74, 6) is 0.531. The van der Waals surface area contributed by atoms with E-state index in [0.29, 0.717) is 0 Å². The second-order valence-corrected chi connectivity index (χ2v) is 3.70. The summed E-state index contributed by atoms with van der Waals surface area (Å²) < 4.78 is 0. The summed E-state index contributed by atoms with van der Waals surface area (Å²) in [5, 5.41) is 2.96. The van der Waals surface area contributed by atoms with Crippen molar-refractivity contribution in [3.63, 3.8) is 0 Å². The first-order chi connectivity index (χ1) is 6.34. The molecule has 1 aliphatic heterocycles. The zero-order chi connectivity index (χ0) is 9.52. The normalized spacial score (nSPS) is 23.4. The molecule has 1 N–H and O–H groups in total. The lowest BCUT2D eigenvalue weighted by Crippen LogP contribution is -2.28. The van der Waals surface area contributed by atoms with Gasteiger partial charge in [-0.05, 0) is 32.1 Å². The number of carbonyl (C=O) groups is 1. The smallest absolute Gasteiger partial charge is 0.223 e. The molecule has 1 aliphatic rings. The molecule has 0 radical (unpaired) electrons. The highest BCUT2D eigenvalue weighted by Crippen LogP contribution is 2.18. The van der Waals surface area contributed by atoms with Gasteiger partial charge in [-0.25, -0.2) is 0 Å². The standard InChI is InChI=1S/C11H19NO/c1-2-3-4-7-10-8-5-6-9-12-11(10)13/h2,10H,1,3-9H2,(H,12,13). The fourth-order valence-corrected chi connectivity index (χ4v) is 1.79. The maximum atomic E-state index is 11.5. The fourth-order valence-electron chi connectivity index (χ4n) is 1.79. The van der Waals surface area contributed by atoms with Crippen molar-refractivity contribution in [3.05, 3.63) is 12.7 Å². The SMILES string of the molecule is C=CCCCC1CCCCNC1=O. The summed E-state index contributed by atoms with van der Waals surface area (Å²) in [6.07, 6.45) is 8.49.